The van der Waals surface area contributed by atoms with Gasteiger partial charge < -0.3 is 9.80 Å². The molecule has 0 saturated heterocycles. The van der Waals surface area contributed by atoms with Gasteiger partial charge in [-0.3, -0.25) is 14.6 Å². The Bertz CT molecular complexity index is 803. The van der Waals surface area contributed by atoms with E-state index in [0.29, 0.717) is 24.2 Å². The first-order valence-electron chi connectivity index (χ1n) is 9.22. The molecular formula is C21H25N3O2. The van der Waals surface area contributed by atoms with Crippen LogP contribution in [0.15, 0.2) is 42.7 Å². The van der Waals surface area contributed by atoms with Crippen molar-refractivity contribution in [3.63, 3.8) is 0 Å². The highest BCUT2D eigenvalue weighted by molar-refractivity contribution is 6.07. The molecule has 0 radical (unpaired) electrons. The van der Waals surface area contributed by atoms with Gasteiger partial charge in [-0.1, -0.05) is 31.5 Å². The van der Waals surface area contributed by atoms with Crippen LogP contribution in [-0.2, 0) is 6.42 Å². The molecular weight excluding hydrogens is 326 g/mol. The minimum atomic E-state index is -0.101. The molecule has 0 unspecified atom stereocenters. The van der Waals surface area contributed by atoms with Crippen LogP contribution in [0.25, 0.3) is 0 Å². The van der Waals surface area contributed by atoms with E-state index in [0.717, 1.165) is 31.4 Å². The first-order valence-corrected chi connectivity index (χ1v) is 9.22. The van der Waals surface area contributed by atoms with Crippen molar-refractivity contribution in [1.82, 2.24) is 9.88 Å². The SMILES string of the molecule is CCCCN(C)C(=O)c1cncc(C(=O)N2CCCc3ccccc32)c1. The van der Waals surface area contributed by atoms with Gasteiger partial charge in [0.1, 0.15) is 0 Å². The minimum absolute atomic E-state index is 0.0976. The zero-order valence-electron chi connectivity index (χ0n) is 15.4. The molecule has 2 heterocycles. The third-order valence-electron chi connectivity index (χ3n) is 4.78. The number of anilines is 1. The lowest BCUT2D eigenvalue weighted by atomic mass is 10.0. The number of unbranched alkanes of at least 4 members (excludes halogenated alkanes) is 1. The molecule has 0 bridgehead atoms. The molecule has 0 aliphatic carbocycles. The summed E-state index contributed by atoms with van der Waals surface area (Å²) in [5, 5.41) is 0. The number of benzene rings is 1. The lowest BCUT2D eigenvalue weighted by molar-refractivity contribution is 0.0793. The fraction of sp³-hybridized carbons (Fsp3) is 0.381. The van der Waals surface area contributed by atoms with E-state index < -0.39 is 0 Å². The molecule has 3 rings (SSSR count). The molecule has 1 aromatic carbocycles. The number of para-hydroxylation sites is 1. The largest absolute Gasteiger partial charge is 0.342 e. The van der Waals surface area contributed by atoms with Crippen molar-refractivity contribution in [2.45, 2.75) is 32.6 Å². The molecule has 0 N–H and O–H groups in total. The Morgan fingerprint density at radius 1 is 1.19 bits per heavy atom. The summed E-state index contributed by atoms with van der Waals surface area (Å²) >= 11 is 0. The Balaban J connectivity index is 1.82. The molecule has 136 valence electrons. The maximum Gasteiger partial charge on any atom is 0.259 e. The van der Waals surface area contributed by atoms with Crippen molar-refractivity contribution in [1.29, 1.82) is 0 Å². The number of nitrogens with zero attached hydrogens (tertiary/aromatic N) is 3. The van der Waals surface area contributed by atoms with E-state index in [4.69, 9.17) is 0 Å². The number of hydrogen-bond acceptors (Lipinski definition) is 3. The first-order chi connectivity index (χ1) is 12.6. The van der Waals surface area contributed by atoms with Crippen LogP contribution in [0.4, 0.5) is 5.69 Å². The topological polar surface area (TPSA) is 53.5 Å². The molecule has 0 spiro atoms. The minimum Gasteiger partial charge on any atom is -0.342 e. The highest BCUT2D eigenvalue weighted by atomic mass is 16.2. The third kappa shape index (κ3) is 3.77. The predicted octanol–water partition coefficient (Wildman–Crippen LogP) is 3.55. The summed E-state index contributed by atoms with van der Waals surface area (Å²) < 4.78 is 0. The number of aryl methyl sites for hydroxylation is 1. The molecule has 1 aromatic heterocycles. The van der Waals surface area contributed by atoms with E-state index >= 15 is 0 Å². The van der Waals surface area contributed by atoms with Crippen LogP contribution >= 0.6 is 0 Å². The number of rotatable bonds is 5. The molecule has 0 atom stereocenters. The van der Waals surface area contributed by atoms with Gasteiger partial charge in [-0.05, 0) is 37.0 Å². The maximum atomic E-state index is 13.0. The quantitative estimate of drug-likeness (QED) is 0.828. The number of amides is 2. The van der Waals surface area contributed by atoms with Gasteiger partial charge in [-0.15, -0.1) is 0 Å². The van der Waals surface area contributed by atoms with Crippen LogP contribution < -0.4 is 4.90 Å². The van der Waals surface area contributed by atoms with Crippen molar-refractivity contribution < 1.29 is 9.59 Å². The molecule has 1 aliphatic rings. The van der Waals surface area contributed by atoms with Gasteiger partial charge in [-0.2, -0.15) is 0 Å². The Kier molecular flexibility index (Phi) is 5.66. The summed E-state index contributed by atoms with van der Waals surface area (Å²) in [6.45, 7) is 3.48. The molecule has 0 saturated carbocycles. The molecule has 2 amide bonds. The average Bonchev–Trinajstić information content (AvgIpc) is 2.70. The van der Waals surface area contributed by atoms with Crippen molar-refractivity contribution in [2.24, 2.45) is 0 Å². The van der Waals surface area contributed by atoms with Gasteiger partial charge in [0.05, 0.1) is 11.1 Å². The Labute approximate surface area is 154 Å². The Hall–Kier alpha value is -2.69. The number of hydrogen-bond donors (Lipinski definition) is 0. The van der Waals surface area contributed by atoms with E-state index in [9.17, 15) is 9.59 Å². The number of carbonyl (C=O) groups is 2. The van der Waals surface area contributed by atoms with Gasteiger partial charge >= 0.3 is 0 Å². The second kappa shape index (κ2) is 8.13. The Morgan fingerprint density at radius 3 is 2.77 bits per heavy atom. The monoisotopic (exact) mass is 351 g/mol. The van der Waals surface area contributed by atoms with E-state index in [2.05, 4.69) is 18.0 Å². The standard InChI is InChI=1S/C21H25N3O2/c1-3-4-11-23(2)20(25)17-13-18(15-22-14-17)21(26)24-12-7-9-16-8-5-6-10-19(16)24/h5-6,8,10,13-15H,3-4,7,9,11-12H2,1-2H3. The van der Waals surface area contributed by atoms with Gasteiger partial charge in [0.2, 0.25) is 0 Å². The normalized spacial score (nSPS) is 13.2. The molecule has 5 nitrogen and oxygen atoms in total. The van der Waals surface area contributed by atoms with Crippen LogP contribution in [0, 0.1) is 0 Å². The van der Waals surface area contributed by atoms with Crippen LogP contribution in [0.3, 0.4) is 0 Å². The summed E-state index contributed by atoms with van der Waals surface area (Å²) in [6.07, 6.45) is 6.99. The third-order valence-corrected chi connectivity index (χ3v) is 4.78. The van der Waals surface area contributed by atoms with Crippen molar-refractivity contribution in [3.8, 4) is 0 Å². The fourth-order valence-corrected chi connectivity index (χ4v) is 3.29. The lowest BCUT2D eigenvalue weighted by Crippen LogP contribution is -2.35. The van der Waals surface area contributed by atoms with E-state index in [1.165, 1.54) is 11.8 Å². The first kappa shape index (κ1) is 18.1. The number of carbonyl (C=O) groups excluding carboxylic acids is 2. The maximum absolute atomic E-state index is 13.0. The number of aromatic nitrogens is 1. The van der Waals surface area contributed by atoms with Crippen LogP contribution in [0.5, 0.6) is 0 Å². The summed E-state index contributed by atoms with van der Waals surface area (Å²) in [4.78, 5) is 33.2. The lowest BCUT2D eigenvalue weighted by Gasteiger charge is -2.29. The zero-order chi connectivity index (χ0) is 18.5. The summed E-state index contributed by atoms with van der Waals surface area (Å²) in [6, 6.07) is 9.66. The van der Waals surface area contributed by atoms with E-state index in [-0.39, 0.29) is 11.8 Å². The second-order valence-corrected chi connectivity index (χ2v) is 6.73. The summed E-state index contributed by atoms with van der Waals surface area (Å²) in [5.41, 5.74) is 3.06. The van der Waals surface area contributed by atoms with Crippen molar-refractivity contribution in [3.05, 3.63) is 59.4 Å². The molecule has 0 fully saturated rings. The number of pyridine rings is 1. The van der Waals surface area contributed by atoms with E-state index in [1.54, 1.807) is 29.1 Å². The second-order valence-electron chi connectivity index (χ2n) is 6.73. The summed E-state index contributed by atoms with van der Waals surface area (Å²) in [5.74, 6) is -0.199. The van der Waals surface area contributed by atoms with Crippen LogP contribution in [-0.4, -0.2) is 41.8 Å². The average molecular weight is 351 g/mol. The molecule has 2 aromatic rings. The molecule has 5 heteroatoms. The smallest absolute Gasteiger partial charge is 0.259 e. The predicted molar refractivity (Wildman–Crippen MR) is 103 cm³/mol. The molecule has 1 aliphatic heterocycles. The van der Waals surface area contributed by atoms with Crippen molar-refractivity contribution >= 4 is 17.5 Å². The van der Waals surface area contributed by atoms with Gasteiger partial charge in [-0.25, -0.2) is 0 Å². The van der Waals surface area contributed by atoms with Gasteiger partial charge in [0.25, 0.3) is 11.8 Å². The zero-order valence-corrected chi connectivity index (χ0v) is 15.4. The van der Waals surface area contributed by atoms with Crippen molar-refractivity contribution in [2.75, 3.05) is 25.0 Å². The van der Waals surface area contributed by atoms with Crippen LogP contribution in [0.1, 0.15) is 52.5 Å². The fourth-order valence-electron chi connectivity index (χ4n) is 3.29. The van der Waals surface area contributed by atoms with Crippen LogP contribution in [0.2, 0.25) is 0 Å². The highest BCUT2D eigenvalue weighted by Gasteiger charge is 2.24. The molecule has 26 heavy (non-hydrogen) atoms. The summed E-state index contributed by atoms with van der Waals surface area (Å²) in [7, 11) is 1.79. The van der Waals surface area contributed by atoms with Gasteiger partial charge in [0.15, 0.2) is 0 Å². The number of fused-ring (bicyclic) bond motifs is 1. The van der Waals surface area contributed by atoms with Gasteiger partial charge in [0, 0.05) is 38.2 Å². The van der Waals surface area contributed by atoms with E-state index in [1.807, 2.05) is 18.2 Å². The highest BCUT2D eigenvalue weighted by Crippen LogP contribution is 2.28. The Morgan fingerprint density at radius 2 is 1.96 bits per heavy atom.